The van der Waals surface area contributed by atoms with E-state index in [9.17, 15) is 9.18 Å². The van der Waals surface area contributed by atoms with Crippen LogP contribution < -0.4 is 10.1 Å². The highest BCUT2D eigenvalue weighted by Gasteiger charge is 2.09. The standard InChI is InChI=1S/C15H23FN2O2/c1-4-18(11-15(19)17-12(2)3)9-10-20-14-7-5-13(16)6-8-14/h5-8,12H,4,9-11H2,1-3H3,(H,17,19). The number of hydrogen-bond donors (Lipinski definition) is 1. The number of amides is 1. The molecule has 0 saturated carbocycles. The van der Waals surface area contributed by atoms with Crippen molar-refractivity contribution in [1.82, 2.24) is 10.2 Å². The summed E-state index contributed by atoms with van der Waals surface area (Å²) in [7, 11) is 0. The molecule has 0 aliphatic heterocycles. The van der Waals surface area contributed by atoms with Gasteiger partial charge in [-0.2, -0.15) is 0 Å². The molecule has 4 nitrogen and oxygen atoms in total. The van der Waals surface area contributed by atoms with Crippen molar-refractivity contribution in [3.8, 4) is 5.75 Å². The minimum absolute atomic E-state index is 0.0173. The van der Waals surface area contributed by atoms with Gasteiger partial charge in [0.25, 0.3) is 0 Å². The molecule has 0 unspecified atom stereocenters. The zero-order chi connectivity index (χ0) is 15.0. The molecule has 1 aromatic carbocycles. The van der Waals surface area contributed by atoms with Gasteiger partial charge in [-0.1, -0.05) is 6.92 Å². The summed E-state index contributed by atoms with van der Waals surface area (Å²) in [6.45, 7) is 8.13. The monoisotopic (exact) mass is 282 g/mol. The van der Waals surface area contributed by atoms with Crippen LogP contribution in [0.15, 0.2) is 24.3 Å². The first kappa shape index (κ1) is 16.4. The number of benzene rings is 1. The van der Waals surface area contributed by atoms with Crippen molar-refractivity contribution < 1.29 is 13.9 Å². The van der Waals surface area contributed by atoms with Gasteiger partial charge in [-0.3, -0.25) is 9.69 Å². The summed E-state index contributed by atoms with van der Waals surface area (Å²) in [5, 5.41) is 2.86. The third kappa shape index (κ3) is 6.52. The highest BCUT2D eigenvalue weighted by atomic mass is 19.1. The molecule has 0 aliphatic rings. The minimum Gasteiger partial charge on any atom is -0.492 e. The van der Waals surface area contributed by atoms with Crippen LogP contribution in [0.5, 0.6) is 5.75 Å². The van der Waals surface area contributed by atoms with E-state index in [1.807, 2.05) is 25.7 Å². The lowest BCUT2D eigenvalue weighted by atomic mass is 10.3. The van der Waals surface area contributed by atoms with E-state index in [1.165, 1.54) is 12.1 Å². The first-order chi connectivity index (χ1) is 9.51. The molecular weight excluding hydrogens is 259 g/mol. The smallest absolute Gasteiger partial charge is 0.234 e. The Balaban J connectivity index is 2.30. The van der Waals surface area contributed by atoms with Crippen LogP contribution in [0.3, 0.4) is 0 Å². The van der Waals surface area contributed by atoms with Crippen molar-refractivity contribution in [3.63, 3.8) is 0 Å². The maximum Gasteiger partial charge on any atom is 0.234 e. The Morgan fingerprint density at radius 2 is 2.00 bits per heavy atom. The molecule has 112 valence electrons. The fourth-order valence-electron chi connectivity index (χ4n) is 1.74. The highest BCUT2D eigenvalue weighted by molar-refractivity contribution is 5.78. The van der Waals surface area contributed by atoms with Crippen LogP contribution in [0.2, 0.25) is 0 Å². The molecule has 1 rings (SSSR count). The summed E-state index contributed by atoms with van der Waals surface area (Å²) in [5.74, 6) is 0.371. The van der Waals surface area contributed by atoms with Gasteiger partial charge in [0.05, 0.1) is 6.54 Å². The van der Waals surface area contributed by atoms with Gasteiger partial charge in [-0.15, -0.1) is 0 Å². The Kier molecular flexibility index (Phi) is 7.01. The van der Waals surface area contributed by atoms with Crippen molar-refractivity contribution in [3.05, 3.63) is 30.1 Å². The summed E-state index contributed by atoms with van der Waals surface area (Å²) in [5.41, 5.74) is 0. The fraction of sp³-hybridized carbons (Fsp3) is 0.533. The number of likely N-dealkylation sites (N-methyl/N-ethyl adjacent to an activating group) is 1. The lowest BCUT2D eigenvalue weighted by Crippen LogP contribution is -2.41. The Bertz CT molecular complexity index is 407. The summed E-state index contributed by atoms with van der Waals surface area (Å²) < 4.78 is 18.2. The van der Waals surface area contributed by atoms with Crippen LogP contribution in [-0.4, -0.2) is 43.1 Å². The average Bonchev–Trinajstić information content (AvgIpc) is 2.39. The Hall–Kier alpha value is -1.62. The van der Waals surface area contributed by atoms with Gasteiger partial charge < -0.3 is 10.1 Å². The quantitative estimate of drug-likeness (QED) is 0.793. The number of carbonyl (C=O) groups excluding carboxylic acids is 1. The summed E-state index contributed by atoms with van der Waals surface area (Å²) in [6, 6.07) is 6.07. The van der Waals surface area contributed by atoms with Crippen LogP contribution in [-0.2, 0) is 4.79 Å². The van der Waals surface area contributed by atoms with Crippen molar-refractivity contribution >= 4 is 5.91 Å². The SMILES string of the molecule is CCN(CCOc1ccc(F)cc1)CC(=O)NC(C)C. The van der Waals surface area contributed by atoms with Crippen LogP contribution in [0.25, 0.3) is 0 Å². The molecule has 20 heavy (non-hydrogen) atoms. The average molecular weight is 282 g/mol. The number of nitrogens with one attached hydrogen (secondary N) is 1. The van der Waals surface area contributed by atoms with Gasteiger partial charge in [0.1, 0.15) is 18.2 Å². The van der Waals surface area contributed by atoms with Crippen molar-refractivity contribution in [1.29, 1.82) is 0 Å². The molecule has 0 spiro atoms. The number of nitrogens with zero attached hydrogens (tertiary/aromatic N) is 1. The third-order valence-corrected chi connectivity index (χ3v) is 2.75. The molecule has 5 heteroatoms. The highest BCUT2D eigenvalue weighted by Crippen LogP contribution is 2.10. The number of ether oxygens (including phenoxy) is 1. The van der Waals surface area contributed by atoms with E-state index in [4.69, 9.17) is 4.74 Å². The molecule has 0 radical (unpaired) electrons. The molecule has 0 atom stereocenters. The van der Waals surface area contributed by atoms with Crippen LogP contribution >= 0.6 is 0 Å². The van der Waals surface area contributed by atoms with Gasteiger partial charge >= 0.3 is 0 Å². The van der Waals surface area contributed by atoms with Crippen molar-refractivity contribution in [2.75, 3.05) is 26.2 Å². The molecule has 0 bridgehead atoms. The predicted octanol–water partition coefficient (Wildman–Crippen LogP) is 2.05. The van der Waals surface area contributed by atoms with Gasteiger partial charge in [0.2, 0.25) is 5.91 Å². The normalized spacial score (nSPS) is 10.9. The van der Waals surface area contributed by atoms with Crippen molar-refractivity contribution in [2.24, 2.45) is 0 Å². The van der Waals surface area contributed by atoms with E-state index >= 15 is 0 Å². The minimum atomic E-state index is -0.280. The molecule has 0 saturated heterocycles. The number of carbonyl (C=O) groups is 1. The second-order valence-electron chi connectivity index (χ2n) is 4.89. The molecular formula is C15H23FN2O2. The van der Waals surface area contributed by atoms with Gasteiger partial charge in [0, 0.05) is 12.6 Å². The molecule has 1 aromatic rings. The summed E-state index contributed by atoms with van der Waals surface area (Å²) in [6.07, 6.45) is 0. The van der Waals surface area contributed by atoms with Crippen LogP contribution in [0.1, 0.15) is 20.8 Å². The number of halogens is 1. The first-order valence-corrected chi connectivity index (χ1v) is 6.91. The maximum atomic E-state index is 12.7. The van der Waals surface area contributed by atoms with Gasteiger partial charge in [-0.05, 0) is 44.7 Å². The van der Waals surface area contributed by atoms with E-state index in [0.717, 1.165) is 6.54 Å². The molecule has 0 fully saturated rings. The second kappa shape index (κ2) is 8.53. The lowest BCUT2D eigenvalue weighted by molar-refractivity contribution is -0.122. The first-order valence-electron chi connectivity index (χ1n) is 6.91. The van der Waals surface area contributed by atoms with E-state index in [0.29, 0.717) is 25.4 Å². The number of rotatable bonds is 8. The van der Waals surface area contributed by atoms with Gasteiger partial charge in [0.15, 0.2) is 0 Å². The zero-order valence-electron chi connectivity index (χ0n) is 12.4. The molecule has 1 amide bonds. The van der Waals surface area contributed by atoms with Crippen LogP contribution in [0.4, 0.5) is 4.39 Å². The second-order valence-corrected chi connectivity index (χ2v) is 4.89. The third-order valence-electron chi connectivity index (χ3n) is 2.75. The molecule has 1 N–H and O–H groups in total. The van der Waals surface area contributed by atoms with Gasteiger partial charge in [-0.25, -0.2) is 4.39 Å². The Labute approximate surface area is 119 Å². The Morgan fingerprint density at radius 1 is 1.35 bits per heavy atom. The van der Waals surface area contributed by atoms with E-state index in [2.05, 4.69) is 5.32 Å². The summed E-state index contributed by atoms with van der Waals surface area (Å²) >= 11 is 0. The van der Waals surface area contributed by atoms with Crippen molar-refractivity contribution in [2.45, 2.75) is 26.8 Å². The van der Waals surface area contributed by atoms with E-state index in [1.54, 1.807) is 12.1 Å². The lowest BCUT2D eigenvalue weighted by Gasteiger charge is -2.20. The predicted molar refractivity (Wildman–Crippen MR) is 77.3 cm³/mol. The number of hydrogen-bond acceptors (Lipinski definition) is 3. The van der Waals surface area contributed by atoms with E-state index in [-0.39, 0.29) is 17.8 Å². The molecule has 0 heterocycles. The topological polar surface area (TPSA) is 41.6 Å². The van der Waals surface area contributed by atoms with E-state index < -0.39 is 0 Å². The Morgan fingerprint density at radius 3 is 2.55 bits per heavy atom. The molecule has 0 aliphatic carbocycles. The fourth-order valence-corrected chi connectivity index (χ4v) is 1.74. The molecule has 0 aromatic heterocycles. The van der Waals surface area contributed by atoms with Crippen LogP contribution in [0, 0.1) is 5.82 Å². The largest absolute Gasteiger partial charge is 0.492 e. The zero-order valence-corrected chi connectivity index (χ0v) is 12.4. The summed E-state index contributed by atoms with van der Waals surface area (Å²) in [4.78, 5) is 13.7. The maximum absolute atomic E-state index is 12.7.